The van der Waals surface area contributed by atoms with Gasteiger partial charge in [0.05, 0.1) is 0 Å². The van der Waals surface area contributed by atoms with Gasteiger partial charge in [-0.1, -0.05) is 66.7 Å². The van der Waals surface area contributed by atoms with Crippen molar-refractivity contribution in [2.24, 2.45) is 0 Å². The van der Waals surface area contributed by atoms with Crippen LogP contribution in [0.4, 0.5) is 0 Å². The van der Waals surface area contributed by atoms with Crippen molar-refractivity contribution in [3.63, 3.8) is 0 Å². The maximum Gasteiger partial charge on any atom is 0.339 e. The molecule has 3 heteroatoms. The molecule has 0 aliphatic heterocycles. The van der Waals surface area contributed by atoms with E-state index in [0.29, 0.717) is 12.0 Å². The minimum Gasteiger partial charge on any atom is -0.507 e. The fraction of sp³-hybridized carbons (Fsp3) is 0.174. The highest BCUT2D eigenvalue weighted by Crippen LogP contribution is 2.27. The van der Waals surface area contributed by atoms with Crippen LogP contribution < -0.4 is 0 Å². The Bertz CT molecular complexity index is 871. The van der Waals surface area contributed by atoms with E-state index in [1.165, 1.54) is 11.1 Å². The third kappa shape index (κ3) is 4.51. The molecule has 0 aromatic heterocycles. The zero-order valence-corrected chi connectivity index (χ0v) is 14.6. The van der Waals surface area contributed by atoms with Gasteiger partial charge in [-0.15, -0.1) is 0 Å². The summed E-state index contributed by atoms with van der Waals surface area (Å²) in [4.78, 5) is 11.5. The van der Waals surface area contributed by atoms with Gasteiger partial charge in [0.15, 0.2) is 0 Å². The number of rotatable bonds is 7. The Balaban J connectivity index is 1.80. The number of aromatic hydroxyl groups is 1. The maximum atomic E-state index is 11.5. The molecular weight excluding hydrogens is 324 g/mol. The minimum atomic E-state index is -1.09. The maximum absolute atomic E-state index is 11.5. The van der Waals surface area contributed by atoms with Gasteiger partial charge in [-0.2, -0.15) is 0 Å². The van der Waals surface area contributed by atoms with Crippen molar-refractivity contribution < 1.29 is 15.0 Å². The molecule has 0 radical (unpaired) electrons. The summed E-state index contributed by atoms with van der Waals surface area (Å²) in [6.07, 6.45) is 2.94. The molecule has 3 nitrogen and oxygen atoms in total. The van der Waals surface area contributed by atoms with Crippen molar-refractivity contribution in [2.45, 2.75) is 25.7 Å². The number of carboxylic acids is 1. The van der Waals surface area contributed by atoms with Crippen molar-refractivity contribution in [2.75, 3.05) is 0 Å². The van der Waals surface area contributed by atoms with Crippen molar-refractivity contribution in [3.8, 4) is 5.75 Å². The van der Waals surface area contributed by atoms with Gasteiger partial charge in [0.25, 0.3) is 0 Å². The largest absolute Gasteiger partial charge is 0.507 e. The highest BCUT2D eigenvalue weighted by molar-refractivity contribution is 5.91. The van der Waals surface area contributed by atoms with Crippen LogP contribution in [-0.4, -0.2) is 16.2 Å². The van der Waals surface area contributed by atoms with E-state index in [1.807, 2.05) is 54.6 Å². The second-order valence-electron chi connectivity index (χ2n) is 6.43. The zero-order chi connectivity index (χ0) is 18.4. The molecule has 0 atom stereocenters. The molecule has 132 valence electrons. The van der Waals surface area contributed by atoms with Crippen LogP contribution in [0.15, 0.2) is 72.8 Å². The van der Waals surface area contributed by atoms with E-state index in [0.717, 1.165) is 24.8 Å². The topological polar surface area (TPSA) is 57.5 Å². The Hall–Kier alpha value is -3.07. The number of benzene rings is 3. The predicted octanol–water partition coefficient (Wildman–Crippen LogP) is 4.66. The van der Waals surface area contributed by atoms with Crippen molar-refractivity contribution in [1.82, 2.24) is 0 Å². The molecule has 0 fully saturated rings. The monoisotopic (exact) mass is 346 g/mol. The van der Waals surface area contributed by atoms with E-state index in [9.17, 15) is 15.0 Å². The number of phenols is 1. The molecule has 0 unspecified atom stereocenters. The molecule has 0 saturated heterocycles. The first-order valence-electron chi connectivity index (χ1n) is 8.79. The molecule has 0 aliphatic rings. The smallest absolute Gasteiger partial charge is 0.339 e. The molecule has 0 amide bonds. The molecule has 0 saturated carbocycles. The summed E-state index contributed by atoms with van der Waals surface area (Å²) in [5, 5.41) is 19.8. The van der Waals surface area contributed by atoms with E-state index in [1.54, 1.807) is 6.07 Å². The molecular formula is C23H22O3. The number of carbonyl (C=O) groups is 1. The quantitative estimate of drug-likeness (QED) is 0.654. The lowest BCUT2D eigenvalue weighted by molar-refractivity contribution is 0.0693. The van der Waals surface area contributed by atoms with Crippen LogP contribution in [0.3, 0.4) is 0 Å². The van der Waals surface area contributed by atoms with Gasteiger partial charge in [-0.05, 0) is 54.0 Å². The molecule has 0 heterocycles. The average molecular weight is 346 g/mol. The minimum absolute atomic E-state index is 0.0152. The van der Waals surface area contributed by atoms with Gasteiger partial charge < -0.3 is 10.2 Å². The van der Waals surface area contributed by atoms with E-state index in [-0.39, 0.29) is 11.3 Å². The molecule has 3 aromatic rings. The van der Waals surface area contributed by atoms with E-state index < -0.39 is 5.97 Å². The standard InChI is InChI=1S/C23H22O3/c24-22-20(14-13-18-9-5-2-6-10-18)15-19(16-21(22)23(25)26)12-11-17-7-3-1-4-8-17/h1-10,15-16,24H,11-14H2,(H,25,26). The zero-order valence-electron chi connectivity index (χ0n) is 14.6. The number of hydrogen-bond donors (Lipinski definition) is 2. The fourth-order valence-electron chi connectivity index (χ4n) is 3.12. The second kappa shape index (κ2) is 8.34. The molecule has 2 N–H and O–H groups in total. The van der Waals surface area contributed by atoms with Crippen molar-refractivity contribution >= 4 is 5.97 Å². The molecule has 0 aliphatic carbocycles. The van der Waals surface area contributed by atoms with Crippen LogP contribution in [0.2, 0.25) is 0 Å². The lowest BCUT2D eigenvalue weighted by Crippen LogP contribution is -2.03. The normalized spacial score (nSPS) is 10.6. The van der Waals surface area contributed by atoms with Gasteiger partial charge in [-0.25, -0.2) is 4.79 Å². The van der Waals surface area contributed by atoms with E-state index in [4.69, 9.17) is 0 Å². The SMILES string of the molecule is O=C(O)c1cc(CCc2ccccc2)cc(CCc2ccccc2)c1O. The first-order valence-corrected chi connectivity index (χ1v) is 8.79. The van der Waals surface area contributed by atoms with Crippen LogP contribution in [-0.2, 0) is 25.7 Å². The van der Waals surface area contributed by atoms with Crippen LogP contribution in [0.25, 0.3) is 0 Å². The van der Waals surface area contributed by atoms with Crippen molar-refractivity contribution in [3.05, 3.63) is 101 Å². The Morgan fingerprint density at radius 1 is 0.692 bits per heavy atom. The number of aromatic carboxylic acids is 1. The fourth-order valence-corrected chi connectivity index (χ4v) is 3.12. The first kappa shape index (κ1) is 17.7. The van der Waals surface area contributed by atoms with Gasteiger partial charge in [0.1, 0.15) is 11.3 Å². The molecule has 0 bridgehead atoms. The first-order chi connectivity index (χ1) is 12.6. The number of aryl methyl sites for hydroxylation is 4. The molecule has 3 rings (SSSR count). The van der Waals surface area contributed by atoms with Crippen LogP contribution in [0.1, 0.15) is 32.6 Å². The molecule has 3 aromatic carbocycles. The summed E-state index contributed by atoms with van der Waals surface area (Å²) in [5.74, 6) is -1.21. The third-order valence-corrected chi connectivity index (χ3v) is 4.55. The predicted molar refractivity (Wildman–Crippen MR) is 103 cm³/mol. The Morgan fingerprint density at radius 2 is 1.19 bits per heavy atom. The van der Waals surface area contributed by atoms with E-state index >= 15 is 0 Å². The summed E-state index contributed by atoms with van der Waals surface area (Å²) in [6, 6.07) is 23.6. The third-order valence-electron chi connectivity index (χ3n) is 4.55. The summed E-state index contributed by atoms with van der Waals surface area (Å²) in [6.45, 7) is 0. The van der Waals surface area contributed by atoms with Gasteiger partial charge >= 0.3 is 5.97 Å². The highest BCUT2D eigenvalue weighted by atomic mass is 16.4. The summed E-state index contributed by atoms with van der Waals surface area (Å²) in [7, 11) is 0. The number of hydrogen-bond acceptors (Lipinski definition) is 2. The Kier molecular flexibility index (Phi) is 5.69. The number of carboxylic acid groups (broad SMARTS) is 1. The summed E-state index contributed by atoms with van der Waals surface area (Å²) in [5.41, 5.74) is 3.99. The molecule has 0 spiro atoms. The van der Waals surface area contributed by atoms with Crippen LogP contribution in [0.5, 0.6) is 5.75 Å². The summed E-state index contributed by atoms with van der Waals surface area (Å²) >= 11 is 0. The average Bonchev–Trinajstić information content (AvgIpc) is 2.67. The Labute approximate surface area is 153 Å². The Morgan fingerprint density at radius 3 is 1.73 bits per heavy atom. The lowest BCUT2D eigenvalue weighted by atomic mass is 9.95. The van der Waals surface area contributed by atoms with Gasteiger partial charge in [0.2, 0.25) is 0 Å². The summed E-state index contributed by atoms with van der Waals surface area (Å²) < 4.78 is 0. The molecule has 26 heavy (non-hydrogen) atoms. The van der Waals surface area contributed by atoms with Gasteiger partial charge in [0, 0.05) is 0 Å². The highest BCUT2D eigenvalue weighted by Gasteiger charge is 2.15. The van der Waals surface area contributed by atoms with Crippen LogP contribution >= 0.6 is 0 Å². The van der Waals surface area contributed by atoms with Gasteiger partial charge in [-0.3, -0.25) is 0 Å². The van der Waals surface area contributed by atoms with E-state index in [2.05, 4.69) is 12.1 Å². The van der Waals surface area contributed by atoms with Crippen LogP contribution in [0, 0.1) is 0 Å². The van der Waals surface area contributed by atoms with Crippen molar-refractivity contribution in [1.29, 1.82) is 0 Å². The second-order valence-corrected chi connectivity index (χ2v) is 6.43. The lowest BCUT2D eigenvalue weighted by Gasteiger charge is -2.11.